The quantitative estimate of drug-likeness (QED) is 0.756. The molecule has 128 valence electrons. The van der Waals surface area contributed by atoms with Crippen molar-refractivity contribution in [1.29, 1.82) is 0 Å². The summed E-state index contributed by atoms with van der Waals surface area (Å²) in [7, 11) is -2.95. The molecular weight excluding hydrogens is 332 g/mol. The minimum Gasteiger partial charge on any atom is -0.343 e. The molecule has 5 atom stereocenters. The predicted molar refractivity (Wildman–Crippen MR) is 92.2 cm³/mol. The summed E-state index contributed by atoms with van der Waals surface area (Å²) < 4.78 is 24.1. The van der Waals surface area contributed by atoms with Crippen molar-refractivity contribution in [2.75, 3.05) is 11.5 Å². The van der Waals surface area contributed by atoms with Gasteiger partial charge in [0.1, 0.15) is 0 Å². The Balaban J connectivity index is 1.66. The van der Waals surface area contributed by atoms with Crippen LogP contribution in [0.5, 0.6) is 0 Å². The number of thioether (sulfide) groups is 1. The Kier molecular flexibility index (Phi) is 3.80. The van der Waals surface area contributed by atoms with Crippen LogP contribution in [0.2, 0.25) is 0 Å². The third kappa shape index (κ3) is 2.73. The number of aliphatic imine (C=N–C) groups is 1. The number of rotatable bonds is 2. The van der Waals surface area contributed by atoms with Crippen LogP contribution in [0.25, 0.3) is 0 Å². The van der Waals surface area contributed by atoms with Crippen molar-refractivity contribution < 1.29 is 13.2 Å². The molecule has 2 aliphatic heterocycles. The molecule has 2 heterocycles. The highest BCUT2D eigenvalue weighted by Gasteiger charge is 2.54. The smallest absolute Gasteiger partial charge is 0.250 e. The first-order chi connectivity index (χ1) is 10.8. The van der Waals surface area contributed by atoms with Gasteiger partial charge in [0.05, 0.1) is 17.5 Å². The van der Waals surface area contributed by atoms with Crippen LogP contribution in [-0.4, -0.2) is 53.2 Å². The van der Waals surface area contributed by atoms with Gasteiger partial charge in [-0.2, -0.15) is 4.99 Å². The van der Waals surface area contributed by atoms with Crippen LogP contribution in [0.3, 0.4) is 0 Å². The van der Waals surface area contributed by atoms with Crippen LogP contribution in [0.4, 0.5) is 0 Å². The van der Waals surface area contributed by atoms with Gasteiger partial charge >= 0.3 is 0 Å². The Morgan fingerprint density at radius 2 is 2.00 bits per heavy atom. The molecule has 0 N–H and O–H groups in total. The average molecular weight is 357 g/mol. The molecule has 5 nitrogen and oxygen atoms in total. The molecule has 23 heavy (non-hydrogen) atoms. The largest absolute Gasteiger partial charge is 0.343 e. The summed E-state index contributed by atoms with van der Waals surface area (Å²) in [5, 5.41) is 0.851. The third-order valence-electron chi connectivity index (χ3n) is 5.86. The summed E-state index contributed by atoms with van der Waals surface area (Å²) in [6.07, 6.45) is 4.96. The van der Waals surface area contributed by atoms with Crippen LogP contribution in [0, 0.1) is 17.8 Å². The van der Waals surface area contributed by atoms with E-state index in [-0.39, 0.29) is 34.6 Å². The molecule has 4 rings (SSSR count). The maximum Gasteiger partial charge on any atom is 0.250 e. The first kappa shape index (κ1) is 15.9. The van der Waals surface area contributed by atoms with Gasteiger partial charge in [0, 0.05) is 17.2 Å². The molecule has 2 aliphatic carbocycles. The second kappa shape index (κ2) is 5.48. The van der Waals surface area contributed by atoms with E-state index in [1.807, 2.05) is 13.8 Å². The van der Waals surface area contributed by atoms with Crippen LogP contribution in [0.1, 0.15) is 39.5 Å². The van der Waals surface area contributed by atoms with Crippen molar-refractivity contribution in [3.05, 3.63) is 0 Å². The molecule has 4 fully saturated rings. The highest BCUT2D eigenvalue weighted by molar-refractivity contribution is 8.15. The lowest BCUT2D eigenvalue weighted by Gasteiger charge is -2.36. The van der Waals surface area contributed by atoms with Gasteiger partial charge in [-0.25, -0.2) is 8.42 Å². The van der Waals surface area contributed by atoms with Gasteiger partial charge in [0.2, 0.25) is 0 Å². The fraction of sp³-hybridized carbons (Fsp3) is 0.875. The van der Waals surface area contributed by atoms with Gasteiger partial charge in [0.25, 0.3) is 5.91 Å². The van der Waals surface area contributed by atoms with E-state index in [2.05, 4.69) is 9.89 Å². The monoisotopic (exact) mass is 356 g/mol. The lowest BCUT2D eigenvalue weighted by atomic mass is 9.93. The lowest BCUT2D eigenvalue weighted by Crippen LogP contribution is -2.47. The summed E-state index contributed by atoms with van der Waals surface area (Å²) in [6.45, 7) is 3.72. The summed E-state index contributed by atoms with van der Waals surface area (Å²) in [5.41, 5.74) is 0. The summed E-state index contributed by atoms with van der Waals surface area (Å²) in [5.74, 6) is 1.69. The second-order valence-corrected chi connectivity index (χ2v) is 11.2. The molecule has 0 aromatic heterocycles. The number of hydrogen-bond acceptors (Lipinski definition) is 4. The predicted octanol–water partition coefficient (Wildman–Crippen LogP) is 1.93. The van der Waals surface area contributed by atoms with E-state index in [1.54, 1.807) is 0 Å². The highest BCUT2D eigenvalue weighted by atomic mass is 32.2. The van der Waals surface area contributed by atoms with Gasteiger partial charge in [-0.1, -0.05) is 32.0 Å². The molecule has 0 spiro atoms. The van der Waals surface area contributed by atoms with E-state index in [1.165, 1.54) is 31.0 Å². The Morgan fingerprint density at radius 3 is 2.61 bits per heavy atom. The maximum atomic E-state index is 12.1. The van der Waals surface area contributed by atoms with Crippen molar-refractivity contribution in [1.82, 2.24) is 4.90 Å². The van der Waals surface area contributed by atoms with Crippen LogP contribution >= 0.6 is 11.8 Å². The van der Waals surface area contributed by atoms with E-state index >= 15 is 0 Å². The zero-order valence-electron chi connectivity index (χ0n) is 13.6. The normalized spacial score (nSPS) is 42.8. The lowest BCUT2D eigenvalue weighted by molar-refractivity contribution is -0.120. The molecule has 0 radical (unpaired) electrons. The molecule has 4 aliphatic rings. The molecule has 2 bridgehead atoms. The van der Waals surface area contributed by atoms with Crippen molar-refractivity contribution in [2.24, 2.45) is 22.7 Å². The van der Waals surface area contributed by atoms with Crippen molar-refractivity contribution in [2.45, 2.75) is 56.9 Å². The third-order valence-corrected chi connectivity index (χ3v) is 9.09. The van der Waals surface area contributed by atoms with E-state index in [4.69, 9.17) is 0 Å². The van der Waals surface area contributed by atoms with Crippen LogP contribution in [-0.2, 0) is 14.6 Å². The zero-order valence-corrected chi connectivity index (χ0v) is 15.3. The Hall–Kier alpha value is -0.560. The number of carbonyl (C=O) groups excluding carboxylic acids is 1. The van der Waals surface area contributed by atoms with Crippen molar-refractivity contribution >= 4 is 32.7 Å². The second-order valence-electron chi connectivity index (χ2n) is 7.84. The molecule has 1 amide bonds. The van der Waals surface area contributed by atoms with Crippen LogP contribution in [0.15, 0.2) is 4.99 Å². The standard InChI is InChI=1S/C16H24N2O3S2/c1-9(2)15(19)17-16-18(12-6-10-3-4-11(12)5-10)13-7-23(20,21)8-14(13)22-16/h9-14H,3-8H2,1-2H3/t10-,11-,12-,13+,14+/m1/s1. The zero-order chi connectivity index (χ0) is 16.4. The number of nitrogens with zero attached hydrogens (tertiary/aromatic N) is 2. The minimum atomic E-state index is -2.95. The van der Waals surface area contributed by atoms with E-state index in [0.29, 0.717) is 12.0 Å². The van der Waals surface area contributed by atoms with Gasteiger partial charge in [-0.05, 0) is 31.1 Å². The van der Waals surface area contributed by atoms with Gasteiger partial charge < -0.3 is 4.90 Å². The van der Waals surface area contributed by atoms with E-state index in [9.17, 15) is 13.2 Å². The maximum absolute atomic E-state index is 12.1. The molecule has 2 saturated carbocycles. The average Bonchev–Trinajstić information content (AvgIpc) is 3.17. The summed E-state index contributed by atoms with van der Waals surface area (Å²) in [4.78, 5) is 18.8. The first-order valence-corrected chi connectivity index (χ1v) is 11.3. The Morgan fingerprint density at radius 1 is 1.22 bits per heavy atom. The molecule has 0 aromatic carbocycles. The number of sulfone groups is 1. The molecule has 7 heteroatoms. The number of carbonyl (C=O) groups is 1. The number of amides is 1. The fourth-order valence-corrected chi connectivity index (χ4v) is 8.73. The molecule has 0 unspecified atom stereocenters. The summed E-state index contributed by atoms with van der Waals surface area (Å²) in [6, 6.07) is 0.413. The highest BCUT2D eigenvalue weighted by Crippen LogP contribution is 2.51. The number of amidine groups is 1. The Labute approximate surface area is 142 Å². The summed E-state index contributed by atoms with van der Waals surface area (Å²) >= 11 is 1.53. The molecule has 2 saturated heterocycles. The molecular formula is C16H24N2O3S2. The van der Waals surface area contributed by atoms with Crippen molar-refractivity contribution in [3.63, 3.8) is 0 Å². The number of fused-ring (bicyclic) bond motifs is 3. The van der Waals surface area contributed by atoms with Gasteiger partial charge in [-0.3, -0.25) is 4.79 Å². The van der Waals surface area contributed by atoms with E-state index < -0.39 is 9.84 Å². The Bertz CT molecular complexity index is 658. The van der Waals surface area contributed by atoms with Gasteiger partial charge in [0.15, 0.2) is 15.0 Å². The number of hydrogen-bond donors (Lipinski definition) is 0. The van der Waals surface area contributed by atoms with Crippen molar-refractivity contribution in [3.8, 4) is 0 Å². The minimum absolute atomic E-state index is 0.0214. The van der Waals surface area contributed by atoms with Crippen LogP contribution < -0.4 is 0 Å². The fourth-order valence-electron chi connectivity index (χ4n) is 4.75. The van der Waals surface area contributed by atoms with E-state index in [0.717, 1.165) is 17.5 Å². The van der Waals surface area contributed by atoms with Gasteiger partial charge in [-0.15, -0.1) is 0 Å². The molecule has 0 aromatic rings. The SMILES string of the molecule is CC(C)C(=O)N=C1S[C@H]2CS(=O)(=O)C[C@@H]2N1[C@@H]1C[C@@H]2CC[C@@H]1C2. The first-order valence-electron chi connectivity index (χ1n) is 8.62. The topological polar surface area (TPSA) is 66.8 Å².